The molecule has 0 aliphatic heterocycles. The number of rotatable bonds is 3. The number of amides is 1. The van der Waals surface area contributed by atoms with E-state index < -0.39 is 0 Å². The van der Waals surface area contributed by atoms with E-state index in [0.29, 0.717) is 16.9 Å². The molecule has 6 nitrogen and oxygen atoms in total. The van der Waals surface area contributed by atoms with Crippen LogP contribution in [0.25, 0.3) is 0 Å². The van der Waals surface area contributed by atoms with Gasteiger partial charge in [-0.15, -0.1) is 0 Å². The molecule has 0 saturated carbocycles. The molecule has 0 radical (unpaired) electrons. The highest BCUT2D eigenvalue weighted by molar-refractivity contribution is 6.04. The van der Waals surface area contributed by atoms with Crippen LogP contribution in [0.15, 0.2) is 47.6 Å². The van der Waals surface area contributed by atoms with Gasteiger partial charge in [-0.2, -0.15) is 0 Å². The van der Waals surface area contributed by atoms with E-state index in [2.05, 4.69) is 10.1 Å². The fourth-order valence-electron chi connectivity index (χ4n) is 1.86. The third kappa shape index (κ3) is 3.17. The predicted molar refractivity (Wildman–Crippen MR) is 80.7 cm³/mol. The second-order valence-electron chi connectivity index (χ2n) is 4.56. The van der Waals surface area contributed by atoms with Crippen molar-refractivity contribution in [3.63, 3.8) is 0 Å². The molecule has 1 amide bonds. The van der Waals surface area contributed by atoms with Crippen LogP contribution in [0.5, 0.6) is 0 Å². The molecule has 0 spiro atoms. The number of aromatic nitrogens is 1. The van der Waals surface area contributed by atoms with Gasteiger partial charge in [0.1, 0.15) is 5.69 Å². The molecular weight excluding hydrogens is 268 g/mol. The summed E-state index contributed by atoms with van der Waals surface area (Å²) < 4.78 is 0. The van der Waals surface area contributed by atoms with Gasteiger partial charge in [0.25, 0.3) is 5.91 Å². The number of benzene rings is 1. The average Bonchev–Trinajstić information content (AvgIpc) is 2.53. The molecule has 0 aliphatic carbocycles. The first kappa shape index (κ1) is 14.5. The Bertz CT molecular complexity index is 680. The molecule has 0 unspecified atom stereocenters. The lowest BCUT2D eigenvalue weighted by Crippen LogP contribution is -2.27. The normalized spacial score (nSPS) is 11.2. The minimum Gasteiger partial charge on any atom is -0.409 e. The van der Waals surface area contributed by atoms with Crippen LogP contribution in [-0.2, 0) is 0 Å². The Morgan fingerprint density at radius 3 is 2.48 bits per heavy atom. The van der Waals surface area contributed by atoms with E-state index in [0.717, 1.165) is 5.69 Å². The maximum atomic E-state index is 12.3. The second-order valence-corrected chi connectivity index (χ2v) is 4.56. The summed E-state index contributed by atoms with van der Waals surface area (Å²) in [6, 6.07) is 12.1. The number of anilines is 1. The molecule has 0 atom stereocenters. The van der Waals surface area contributed by atoms with Crippen molar-refractivity contribution in [2.24, 2.45) is 10.9 Å². The fraction of sp³-hybridized carbons (Fsp3) is 0.133. The zero-order chi connectivity index (χ0) is 15.4. The number of carbonyl (C=O) groups is 1. The summed E-state index contributed by atoms with van der Waals surface area (Å²) in [4.78, 5) is 18.1. The number of nitrogens with two attached hydrogens (primary N) is 1. The van der Waals surface area contributed by atoms with E-state index in [1.54, 1.807) is 43.4 Å². The Balaban J connectivity index is 2.23. The summed E-state index contributed by atoms with van der Waals surface area (Å²) >= 11 is 0. The highest BCUT2D eigenvalue weighted by Crippen LogP contribution is 2.16. The summed E-state index contributed by atoms with van der Waals surface area (Å²) in [6.45, 7) is 1.84. The number of oxime groups is 1. The first-order chi connectivity index (χ1) is 10.0. The summed E-state index contributed by atoms with van der Waals surface area (Å²) in [6.07, 6.45) is 0. The molecule has 1 aromatic heterocycles. The van der Waals surface area contributed by atoms with Crippen molar-refractivity contribution in [2.45, 2.75) is 6.92 Å². The Hall–Kier alpha value is -2.89. The van der Waals surface area contributed by atoms with Gasteiger partial charge < -0.3 is 15.8 Å². The summed E-state index contributed by atoms with van der Waals surface area (Å²) in [5, 5.41) is 11.5. The molecule has 0 saturated heterocycles. The van der Waals surface area contributed by atoms with Crippen LogP contribution in [0.2, 0.25) is 0 Å². The average molecular weight is 284 g/mol. The van der Waals surface area contributed by atoms with E-state index >= 15 is 0 Å². The molecule has 108 valence electrons. The van der Waals surface area contributed by atoms with Gasteiger partial charge in [-0.25, -0.2) is 4.98 Å². The Morgan fingerprint density at radius 1 is 1.24 bits per heavy atom. The number of amidine groups is 1. The number of hydrogen-bond acceptors (Lipinski definition) is 4. The summed E-state index contributed by atoms with van der Waals surface area (Å²) in [5.74, 6) is -0.175. The van der Waals surface area contributed by atoms with Gasteiger partial charge in [0.15, 0.2) is 5.84 Å². The lowest BCUT2D eigenvalue weighted by molar-refractivity contribution is 0.0988. The van der Waals surface area contributed by atoms with Gasteiger partial charge in [0.05, 0.1) is 0 Å². The molecule has 3 N–H and O–H groups in total. The third-order valence-electron chi connectivity index (χ3n) is 3.07. The van der Waals surface area contributed by atoms with E-state index in [9.17, 15) is 4.79 Å². The largest absolute Gasteiger partial charge is 0.409 e. The van der Waals surface area contributed by atoms with E-state index in [-0.39, 0.29) is 11.7 Å². The zero-order valence-electron chi connectivity index (χ0n) is 11.8. The molecule has 21 heavy (non-hydrogen) atoms. The van der Waals surface area contributed by atoms with Gasteiger partial charge in [-0.1, -0.05) is 11.2 Å². The Labute approximate surface area is 122 Å². The van der Waals surface area contributed by atoms with E-state index in [4.69, 9.17) is 10.9 Å². The molecule has 0 fully saturated rings. The minimum absolute atomic E-state index is 0.0240. The number of carbonyl (C=O) groups excluding carboxylic acids is 1. The SMILES string of the molecule is Cc1cccc(C(=O)N(C)c2ccc(C(N)=NO)cc2)n1. The molecule has 6 heteroatoms. The molecule has 0 bridgehead atoms. The lowest BCUT2D eigenvalue weighted by atomic mass is 10.2. The van der Waals surface area contributed by atoms with Crippen LogP contribution >= 0.6 is 0 Å². The van der Waals surface area contributed by atoms with Crippen molar-refractivity contribution < 1.29 is 10.0 Å². The lowest BCUT2D eigenvalue weighted by Gasteiger charge is -2.17. The van der Waals surface area contributed by atoms with Crippen LogP contribution < -0.4 is 10.6 Å². The van der Waals surface area contributed by atoms with Crippen LogP contribution in [0.4, 0.5) is 5.69 Å². The highest BCUT2D eigenvalue weighted by Gasteiger charge is 2.15. The summed E-state index contributed by atoms with van der Waals surface area (Å²) in [7, 11) is 1.67. The number of pyridine rings is 1. The molecule has 2 rings (SSSR count). The van der Waals surface area contributed by atoms with Gasteiger partial charge in [-0.05, 0) is 43.3 Å². The fourth-order valence-corrected chi connectivity index (χ4v) is 1.86. The zero-order valence-corrected chi connectivity index (χ0v) is 11.8. The molecule has 1 aromatic carbocycles. The van der Waals surface area contributed by atoms with Crippen molar-refractivity contribution >= 4 is 17.4 Å². The van der Waals surface area contributed by atoms with Crippen LogP contribution in [0.1, 0.15) is 21.7 Å². The van der Waals surface area contributed by atoms with Crippen LogP contribution in [0, 0.1) is 6.92 Å². The maximum Gasteiger partial charge on any atom is 0.276 e. The van der Waals surface area contributed by atoms with Crippen molar-refractivity contribution in [3.8, 4) is 0 Å². The molecule has 1 heterocycles. The maximum absolute atomic E-state index is 12.3. The molecule has 2 aromatic rings. The van der Waals surface area contributed by atoms with Crippen LogP contribution in [-0.4, -0.2) is 29.0 Å². The van der Waals surface area contributed by atoms with E-state index in [1.807, 2.05) is 13.0 Å². The smallest absolute Gasteiger partial charge is 0.276 e. The van der Waals surface area contributed by atoms with Crippen molar-refractivity contribution in [1.82, 2.24) is 4.98 Å². The van der Waals surface area contributed by atoms with Gasteiger partial charge in [-0.3, -0.25) is 4.79 Å². The molecule has 0 aliphatic rings. The van der Waals surface area contributed by atoms with Crippen LogP contribution in [0.3, 0.4) is 0 Å². The first-order valence-electron chi connectivity index (χ1n) is 6.32. The Morgan fingerprint density at radius 2 is 1.90 bits per heavy atom. The van der Waals surface area contributed by atoms with Gasteiger partial charge in [0.2, 0.25) is 0 Å². The highest BCUT2D eigenvalue weighted by atomic mass is 16.4. The predicted octanol–water partition coefficient (Wildman–Crippen LogP) is 1.76. The summed E-state index contributed by atoms with van der Waals surface area (Å²) in [5.41, 5.74) is 7.94. The monoisotopic (exact) mass is 284 g/mol. The number of nitrogens with zero attached hydrogens (tertiary/aromatic N) is 3. The number of aryl methyl sites for hydroxylation is 1. The Kier molecular flexibility index (Phi) is 4.18. The standard InChI is InChI=1S/C15H16N4O2/c1-10-4-3-5-13(17-10)15(20)19(2)12-8-6-11(7-9-12)14(16)18-21/h3-9,21H,1-2H3,(H2,16,18). The second kappa shape index (κ2) is 6.04. The third-order valence-corrected chi connectivity index (χ3v) is 3.07. The number of hydrogen-bond donors (Lipinski definition) is 2. The topological polar surface area (TPSA) is 91.8 Å². The van der Waals surface area contributed by atoms with Gasteiger partial charge in [0, 0.05) is 24.0 Å². The quantitative estimate of drug-likeness (QED) is 0.389. The van der Waals surface area contributed by atoms with Crippen molar-refractivity contribution in [2.75, 3.05) is 11.9 Å². The molecular formula is C15H16N4O2. The van der Waals surface area contributed by atoms with Gasteiger partial charge >= 0.3 is 0 Å². The van der Waals surface area contributed by atoms with Crippen molar-refractivity contribution in [3.05, 3.63) is 59.4 Å². The minimum atomic E-state index is -0.199. The van der Waals surface area contributed by atoms with Crippen molar-refractivity contribution in [1.29, 1.82) is 0 Å². The first-order valence-corrected chi connectivity index (χ1v) is 6.32. The van der Waals surface area contributed by atoms with E-state index in [1.165, 1.54) is 4.90 Å².